The average Bonchev–Trinajstić information content (AvgIpc) is 3.59. The maximum Gasteiger partial charge on any atom is 0.0433 e. The monoisotopic (exact) mass is 662 g/mol. The van der Waals surface area contributed by atoms with E-state index in [1.807, 2.05) is 11.3 Å². The normalized spacial score (nSPS) is 11.9. The lowest BCUT2D eigenvalue weighted by molar-refractivity contribution is 1.66. The van der Waals surface area contributed by atoms with Crippen molar-refractivity contribution in [3.8, 4) is 33.4 Å². The van der Waals surface area contributed by atoms with Gasteiger partial charge in [-0.25, -0.2) is 0 Å². The molecular weight excluding hydrogens is 633 g/mol. The molecule has 0 aliphatic heterocycles. The Morgan fingerprint density at radius 3 is 1.55 bits per heavy atom. The molecule has 0 radical (unpaired) electrons. The topological polar surface area (TPSA) is 0 Å². The number of hydrogen-bond donors (Lipinski definition) is 0. The first-order valence-electron chi connectivity index (χ1n) is 17.6. The van der Waals surface area contributed by atoms with E-state index in [0.717, 1.165) is 0 Å². The molecule has 0 N–H and O–H groups in total. The van der Waals surface area contributed by atoms with Crippen molar-refractivity contribution in [1.82, 2.24) is 0 Å². The molecule has 0 saturated carbocycles. The van der Waals surface area contributed by atoms with Crippen molar-refractivity contribution in [2.75, 3.05) is 0 Å². The van der Waals surface area contributed by atoms with E-state index in [2.05, 4.69) is 182 Å². The molecule has 0 fully saturated rings. The van der Waals surface area contributed by atoms with E-state index in [1.165, 1.54) is 107 Å². The Balaban J connectivity index is 1.08. The number of benzene rings is 10. The molecule has 0 atom stereocenters. The molecular formula is C50H30S. The minimum absolute atomic E-state index is 1.23. The highest BCUT2D eigenvalue weighted by atomic mass is 32.1. The molecule has 0 spiro atoms. The highest BCUT2D eigenvalue weighted by molar-refractivity contribution is 7.26. The largest absolute Gasteiger partial charge is 0.135 e. The standard InChI is InChI=1S/C50H30S/c1-2-11-38-31(9-1)10-7-15-39(38)36-22-21-32-27-33(19-20-34(32)28-36)35-23-25-43-41-12-3-4-13-42(41)44-26-24-37(30-48(44)47(43)29-35)40-16-8-17-46-45-14-5-6-18-49(45)51-50(40)46/h1-30H. The van der Waals surface area contributed by atoms with Gasteiger partial charge in [-0.05, 0) is 118 Å². The lowest BCUT2D eigenvalue weighted by Crippen LogP contribution is -1.87. The summed E-state index contributed by atoms with van der Waals surface area (Å²) in [6.45, 7) is 0. The van der Waals surface area contributed by atoms with Gasteiger partial charge < -0.3 is 0 Å². The second-order valence-electron chi connectivity index (χ2n) is 13.7. The minimum atomic E-state index is 1.23. The Bertz CT molecular complexity index is 3190. The molecule has 1 heterocycles. The summed E-state index contributed by atoms with van der Waals surface area (Å²) in [5, 5.41) is 15.5. The van der Waals surface area contributed by atoms with Crippen LogP contribution in [0.2, 0.25) is 0 Å². The number of rotatable bonds is 3. The van der Waals surface area contributed by atoms with Gasteiger partial charge in [-0.1, -0.05) is 152 Å². The maximum absolute atomic E-state index is 2.43. The highest BCUT2D eigenvalue weighted by Crippen LogP contribution is 2.43. The van der Waals surface area contributed by atoms with Crippen LogP contribution in [0.1, 0.15) is 0 Å². The summed E-state index contributed by atoms with van der Waals surface area (Å²) in [5.74, 6) is 0. The van der Waals surface area contributed by atoms with Crippen molar-refractivity contribution in [1.29, 1.82) is 0 Å². The Morgan fingerprint density at radius 1 is 0.255 bits per heavy atom. The summed E-state index contributed by atoms with van der Waals surface area (Å²) >= 11 is 1.90. The highest BCUT2D eigenvalue weighted by Gasteiger charge is 2.15. The Hall–Kier alpha value is -6.28. The fourth-order valence-electron chi connectivity index (χ4n) is 8.35. The minimum Gasteiger partial charge on any atom is -0.135 e. The maximum atomic E-state index is 2.43. The van der Waals surface area contributed by atoms with Crippen LogP contribution < -0.4 is 0 Å². The lowest BCUT2D eigenvalue weighted by atomic mass is 9.90. The second kappa shape index (κ2) is 11.1. The summed E-state index contributed by atoms with van der Waals surface area (Å²) < 4.78 is 2.69. The number of hydrogen-bond acceptors (Lipinski definition) is 1. The van der Waals surface area contributed by atoms with E-state index < -0.39 is 0 Å². The zero-order chi connectivity index (χ0) is 33.5. The third-order valence-electron chi connectivity index (χ3n) is 10.8. The van der Waals surface area contributed by atoms with Crippen LogP contribution in [0.4, 0.5) is 0 Å². The second-order valence-corrected chi connectivity index (χ2v) is 14.7. The van der Waals surface area contributed by atoms with Crippen molar-refractivity contribution >= 4 is 85.4 Å². The van der Waals surface area contributed by atoms with Gasteiger partial charge in [0.2, 0.25) is 0 Å². The van der Waals surface area contributed by atoms with Crippen LogP contribution in [-0.4, -0.2) is 0 Å². The first kappa shape index (κ1) is 28.5. The molecule has 0 amide bonds. The van der Waals surface area contributed by atoms with Gasteiger partial charge in [0.25, 0.3) is 0 Å². The van der Waals surface area contributed by atoms with E-state index in [0.29, 0.717) is 0 Å². The van der Waals surface area contributed by atoms with Gasteiger partial charge >= 0.3 is 0 Å². The molecule has 51 heavy (non-hydrogen) atoms. The van der Waals surface area contributed by atoms with Crippen LogP contribution >= 0.6 is 11.3 Å². The Morgan fingerprint density at radius 2 is 0.745 bits per heavy atom. The lowest BCUT2D eigenvalue weighted by Gasteiger charge is -2.14. The Labute approximate surface area is 299 Å². The quantitative estimate of drug-likeness (QED) is 0.165. The zero-order valence-electron chi connectivity index (χ0n) is 27.7. The summed E-state index contributed by atoms with van der Waals surface area (Å²) in [6.07, 6.45) is 0. The van der Waals surface area contributed by atoms with Gasteiger partial charge in [-0.2, -0.15) is 0 Å². The van der Waals surface area contributed by atoms with Gasteiger partial charge in [0, 0.05) is 20.2 Å². The molecule has 0 nitrogen and oxygen atoms in total. The van der Waals surface area contributed by atoms with E-state index in [4.69, 9.17) is 0 Å². The van der Waals surface area contributed by atoms with E-state index >= 15 is 0 Å². The van der Waals surface area contributed by atoms with Crippen LogP contribution in [-0.2, 0) is 0 Å². The van der Waals surface area contributed by atoms with E-state index in [-0.39, 0.29) is 0 Å². The van der Waals surface area contributed by atoms with E-state index in [9.17, 15) is 0 Å². The number of fused-ring (bicyclic) bond motifs is 11. The van der Waals surface area contributed by atoms with Gasteiger partial charge in [-0.3, -0.25) is 0 Å². The molecule has 1 aromatic heterocycles. The van der Waals surface area contributed by atoms with Crippen molar-refractivity contribution in [3.63, 3.8) is 0 Å². The molecule has 0 aliphatic carbocycles. The molecule has 11 aromatic rings. The summed E-state index contributed by atoms with van der Waals surface area (Å²) in [7, 11) is 0. The predicted octanol–water partition coefficient (Wildman–Crippen LogP) is 14.8. The SMILES string of the molecule is c1ccc2c(-c3ccc4cc(-c5ccc6c7ccccc7c7ccc(-c8cccc9c8sc8ccccc89)cc7c6c5)ccc4c3)cccc2c1. The van der Waals surface area contributed by atoms with Gasteiger partial charge in [0.05, 0.1) is 0 Å². The molecule has 0 saturated heterocycles. The smallest absolute Gasteiger partial charge is 0.0433 e. The predicted molar refractivity (Wildman–Crippen MR) is 223 cm³/mol. The average molecular weight is 663 g/mol. The summed E-state index contributed by atoms with van der Waals surface area (Å²) in [6, 6.07) is 67.6. The van der Waals surface area contributed by atoms with Gasteiger partial charge in [-0.15, -0.1) is 11.3 Å². The Kier molecular flexibility index (Phi) is 6.22. The molecule has 10 aromatic carbocycles. The third-order valence-corrected chi connectivity index (χ3v) is 12.0. The van der Waals surface area contributed by atoms with Crippen LogP contribution in [0.15, 0.2) is 182 Å². The number of thiophene rings is 1. The molecule has 0 aliphatic rings. The molecule has 236 valence electrons. The first-order chi connectivity index (χ1) is 25.3. The van der Waals surface area contributed by atoms with Crippen LogP contribution in [0.25, 0.3) is 107 Å². The summed E-state index contributed by atoms with van der Waals surface area (Å²) in [4.78, 5) is 0. The van der Waals surface area contributed by atoms with Crippen LogP contribution in [0.3, 0.4) is 0 Å². The first-order valence-corrected chi connectivity index (χ1v) is 18.4. The molecule has 0 unspecified atom stereocenters. The summed E-state index contributed by atoms with van der Waals surface area (Å²) in [5.41, 5.74) is 7.54. The zero-order valence-corrected chi connectivity index (χ0v) is 28.5. The van der Waals surface area contributed by atoms with Crippen molar-refractivity contribution in [2.24, 2.45) is 0 Å². The fourth-order valence-corrected chi connectivity index (χ4v) is 9.59. The van der Waals surface area contributed by atoms with Gasteiger partial charge in [0.1, 0.15) is 0 Å². The van der Waals surface area contributed by atoms with Gasteiger partial charge in [0.15, 0.2) is 0 Å². The van der Waals surface area contributed by atoms with Crippen molar-refractivity contribution < 1.29 is 0 Å². The van der Waals surface area contributed by atoms with Crippen molar-refractivity contribution in [2.45, 2.75) is 0 Å². The molecule has 1 heteroatoms. The molecule has 0 bridgehead atoms. The molecule has 11 rings (SSSR count). The van der Waals surface area contributed by atoms with E-state index in [1.54, 1.807) is 0 Å². The fraction of sp³-hybridized carbons (Fsp3) is 0. The van der Waals surface area contributed by atoms with Crippen LogP contribution in [0.5, 0.6) is 0 Å². The van der Waals surface area contributed by atoms with Crippen molar-refractivity contribution in [3.05, 3.63) is 182 Å². The van der Waals surface area contributed by atoms with Crippen LogP contribution in [0, 0.1) is 0 Å². The third kappa shape index (κ3) is 4.45.